The zero-order valence-corrected chi connectivity index (χ0v) is 10.8. The molecule has 7 heteroatoms. The van der Waals surface area contributed by atoms with Gasteiger partial charge in [0, 0.05) is 11.4 Å². The highest BCUT2D eigenvalue weighted by molar-refractivity contribution is 7.92. The molecule has 0 fully saturated rings. The highest BCUT2D eigenvalue weighted by atomic mass is 32.2. The van der Waals surface area contributed by atoms with Crippen LogP contribution in [-0.2, 0) is 10.0 Å². The molecule has 1 aromatic carbocycles. The van der Waals surface area contributed by atoms with Gasteiger partial charge >= 0.3 is 0 Å². The second-order valence-electron chi connectivity index (χ2n) is 3.63. The highest BCUT2D eigenvalue weighted by Crippen LogP contribution is 2.34. The Balaban J connectivity index is 1.89. The Labute approximate surface area is 108 Å². The standard InChI is InChI=1S/C11H9NO4S2/c13-18(14,9-3-4-17-6-9)12-8-1-2-10-11(5-8)16-7-15-10/h1-6,12H,7H2. The van der Waals surface area contributed by atoms with E-state index in [0.717, 1.165) is 0 Å². The summed E-state index contributed by atoms with van der Waals surface area (Å²) in [5.74, 6) is 1.16. The third-order valence-corrected chi connectivity index (χ3v) is 4.64. The molecule has 0 radical (unpaired) electrons. The van der Waals surface area contributed by atoms with Crippen LogP contribution in [0.4, 0.5) is 5.69 Å². The molecule has 0 saturated carbocycles. The van der Waals surface area contributed by atoms with Gasteiger partial charge in [-0.05, 0) is 23.6 Å². The molecule has 0 bridgehead atoms. The molecule has 1 N–H and O–H groups in total. The Hall–Kier alpha value is -1.73. The molecule has 0 amide bonds. The molecular formula is C11H9NO4S2. The Kier molecular flexibility index (Phi) is 2.64. The van der Waals surface area contributed by atoms with Gasteiger partial charge in [-0.15, -0.1) is 0 Å². The van der Waals surface area contributed by atoms with Crippen LogP contribution in [0, 0.1) is 0 Å². The van der Waals surface area contributed by atoms with Crippen molar-refractivity contribution in [2.45, 2.75) is 4.90 Å². The first kappa shape index (κ1) is 11.4. The van der Waals surface area contributed by atoms with Gasteiger partial charge in [-0.1, -0.05) is 0 Å². The molecule has 5 nitrogen and oxygen atoms in total. The fourth-order valence-electron chi connectivity index (χ4n) is 1.58. The van der Waals surface area contributed by atoms with E-state index in [1.54, 1.807) is 35.0 Å². The number of sulfonamides is 1. The van der Waals surface area contributed by atoms with Gasteiger partial charge in [0.05, 0.1) is 10.6 Å². The Morgan fingerprint density at radius 2 is 2.00 bits per heavy atom. The molecule has 0 saturated heterocycles. The second-order valence-corrected chi connectivity index (χ2v) is 6.10. The Morgan fingerprint density at radius 3 is 2.78 bits per heavy atom. The summed E-state index contributed by atoms with van der Waals surface area (Å²) >= 11 is 1.33. The fraction of sp³-hybridized carbons (Fsp3) is 0.0909. The van der Waals surface area contributed by atoms with Crippen molar-refractivity contribution in [2.75, 3.05) is 11.5 Å². The van der Waals surface area contributed by atoms with Gasteiger partial charge < -0.3 is 9.47 Å². The molecule has 18 heavy (non-hydrogen) atoms. The third kappa shape index (κ3) is 2.02. The summed E-state index contributed by atoms with van der Waals surface area (Å²) in [7, 11) is -3.52. The van der Waals surface area contributed by atoms with Crippen LogP contribution < -0.4 is 14.2 Å². The summed E-state index contributed by atoms with van der Waals surface area (Å²) in [5, 5.41) is 3.30. The van der Waals surface area contributed by atoms with Crippen molar-refractivity contribution in [3.63, 3.8) is 0 Å². The molecule has 0 unspecified atom stereocenters. The quantitative estimate of drug-likeness (QED) is 0.938. The molecule has 1 aromatic heterocycles. The van der Waals surface area contributed by atoms with E-state index >= 15 is 0 Å². The van der Waals surface area contributed by atoms with E-state index < -0.39 is 10.0 Å². The van der Waals surface area contributed by atoms with Crippen LogP contribution in [0.15, 0.2) is 39.9 Å². The minimum Gasteiger partial charge on any atom is -0.454 e. The average Bonchev–Trinajstić information content (AvgIpc) is 2.99. The van der Waals surface area contributed by atoms with E-state index in [4.69, 9.17) is 9.47 Å². The topological polar surface area (TPSA) is 64.6 Å². The van der Waals surface area contributed by atoms with E-state index in [1.807, 2.05) is 0 Å². The number of ether oxygens (including phenoxy) is 2. The first-order valence-corrected chi connectivity index (χ1v) is 7.52. The number of benzene rings is 1. The first-order valence-electron chi connectivity index (χ1n) is 5.10. The normalized spacial score (nSPS) is 13.6. The van der Waals surface area contributed by atoms with Crippen LogP contribution in [-0.4, -0.2) is 15.2 Å². The van der Waals surface area contributed by atoms with Gasteiger partial charge in [0.25, 0.3) is 10.0 Å². The largest absolute Gasteiger partial charge is 0.454 e. The molecule has 0 spiro atoms. The molecule has 94 valence electrons. The lowest BCUT2D eigenvalue weighted by molar-refractivity contribution is 0.174. The maximum absolute atomic E-state index is 12.0. The zero-order valence-electron chi connectivity index (χ0n) is 9.12. The van der Waals surface area contributed by atoms with Gasteiger partial charge in [-0.2, -0.15) is 11.3 Å². The van der Waals surface area contributed by atoms with Gasteiger partial charge in [0.1, 0.15) is 0 Å². The third-order valence-electron chi connectivity index (χ3n) is 2.43. The predicted molar refractivity (Wildman–Crippen MR) is 67.7 cm³/mol. The number of thiophene rings is 1. The van der Waals surface area contributed by atoms with Crippen LogP contribution >= 0.6 is 11.3 Å². The van der Waals surface area contributed by atoms with Crippen LogP contribution in [0.25, 0.3) is 0 Å². The number of anilines is 1. The smallest absolute Gasteiger partial charge is 0.262 e. The van der Waals surface area contributed by atoms with E-state index in [-0.39, 0.29) is 11.7 Å². The lowest BCUT2D eigenvalue weighted by Gasteiger charge is -2.07. The van der Waals surface area contributed by atoms with Crippen LogP contribution in [0.1, 0.15) is 0 Å². The lowest BCUT2D eigenvalue weighted by Crippen LogP contribution is -2.11. The second kappa shape index (κ2) is 4.18. The van der Waals surface area contributed by atoms with E-state index in [2.05, 4.69) is 4.72 Å². The molecule has 1 aliphatic rings. The highest BCUT2D eigenvalue weighted by Gasteiger charge is 2.17. The van der Waals surface area contributed by atoms with Crippen molar-refractivity contribution in [3.8, 4) is 11.5 Å². The monoisotopic (exact) mass is 283 g/mol. The van der Waals surface area contributed by atoms with Gasteiger partial charge in [0.15, 0.2) is 11.5 Å². The van der Waals surface area contributed by atoms with Crippen LogP contribution in [0.2, 0.25) is 0 Å². The maximum atomic E-state index is 12.0. The SMILES string of the molecule is O=S(=O)(Nc1ccc2c(c1)OCO2)c1ccsc1. The summed E-state index contributed by atoms with van der Waals surface area (Å²) < 4.78 is 36.8. The number of hydrogen-bond acceptors (Lipinski definition) is 5. The molecule has 1 aliphatic heterocycles. The van der Waals surface area contributed by atoms with Gasteiger partial charge in [-0.25, -0.2) is 8.42 Å². The summed E-state index contributed by atoms with van der Waals surface area (Å²) in [6.07, 6.45) is 0. The van der Waals surface area contributed by atoms with Crippen LogP contribution in [0.5, 0.6) is 11.5 Å². The Bertz CT molecular complexity index is 664. The van der Waals surface area contributed by atoms with E-state index in [9.17, 15) is 8.42 Å². The van der Waals surface area contributed by atoms with Gasteiger partial charge in [-0.3, -0.25) is 4.72 Å². The number of rotatable bonds is 3. The lowest BCUT2D eigenvalue weighted by atomic mass is 10.3. The number of hydrogen-bond donors (Lipinski definition) is 1. The molecule has 0 aliphatic carbocycles. The predicted octanol–water partition coefficient (Wildman–Crippen LogP) is 2.28. The summed E-state index contributed by atoms with van der Waals surface area (Å²) in [5.41, 5.74) is 0.449. The van der Waals surface area contributed by atoms with Crippen LogP contribution in [0.3, 0.4) is 0 Å². The number of fused-ring (bicyclic) bond motifs is 1. The molecule has 0 atom stereocenters. The first-order chi connectivity index (χ1) is 8.65. The van der Waals surface area contributed by atoms with Crippen molar-refractivity contribution < 1.29 is 17.9 Å². The average molecular weight is 283 g/mol. The molecule has 2 aromatic rings. The zero-order chi connectivity index (χ0) is 12.6. The molecule has 2 heterocycles. The summed E-state index contributed by atoms with van der Waals surface area (Å²) in [4.78, 5) is 0.255. The summed E-state index contributed by atoms with van der Waals surface area (Å²) in [6.45, 7) is 0.163. The maximum Gasteiger partial charge on any atom is 0.262 e. The van der Waals surface area contributed by atoms with Gasteiger partial charge in [0.2, 0.25) is 6.79 Å². The molecule has 3 rings (SSSR count). The molecular weight excluding hydrogens is 274 g/mol. The van der Waals surface area contributed by atoms with Crippen molar-refractivity contribution in [1.29, 1.82) is 0 Å². The minimum absolute atomic E-state index is 0.163. The van der Waals surface area contributed by atoms with Crippen molar-refractivity contribution in [3.05, 3.63) is 35.0 Å². The minimum atomic E-state index is -3.52. The Morgan fingerprint density at radius 1 is 1.17 bits per heavy atom. The fourth-order valence-corrected chi connectivity index (χ4v) is 3.66. The summed E-state index contributed by atoms with van der Waals surface area (Å²) in [6, 6.07) is 6.47. The van der Waals surface area contributed by atoms with Crippen molar-refractivity contribution >= 4 is 27.0 Å². The van der Waals surface area contributed by atoms with Crippen molar-refractivity contribution in [2.24, 2.45) is 0 Å². The van der Waals surface area contributed by atoms with E-state index in [0.29, 0.717) is 17.2 Å². The number of nitrogens with one attached hydrogen (secondary N) is 1. The van der Waals surface area contributed by atoms with Crippen molar-refractivity contribution in [1.82, 2.24) is 0 Å². The van der Waals surface area contributed by atoms with E-state index in [1.165, 1.54) is 11.3 Å².